The van der Waals surface area contributed by atoms with Crippen molar-refractivity contribution in [1.82, 2.24) is 20.4 Å². The number of imide groups is 2. The van der Waals surface area contributed by atoms with Gasteiger partial charge in [0.25, 0.3) is 17.7 Å². The fraction of sp³-hybridized carbons (Fsp3) is 0.510. The van der Waals surface area contributed by atoms with Crippen molar-refractivity contribution in [3.05, 3.63) is 93.5 Å². The van der Waals surface area contributed by atoms with Crippen molar-refractivity contribution in [3.63, 3.8) is 0 Å². The van der Waals surface area contributed by atoms with Crippen LogP contribution in [0.2, 0.25) is 0 Å². The zero-order chi connectivity index (χ0) is 43.0. The Morgan fingerprint density at radius 1 is 0.852 bits per heavy atom. The van der Waals surface area contributed by atoms with Crippen LogP contribution in [0.25, 0.3) is 0 Å². The van der Waals surface area contributed by atoms with Gasteiger partial charge in [0.1, 0.15) is 17.9 Å². The fourth-order valence-electron chi connectivity index (χ4n) is 11.9. The Hall–Kier alpha value is -5.54. The van der Waals surface area contributed by atoms with Gasteiger partial charge in [-0.1, -0.05) is 27.7 Å². The second kappa shape index (κ2) is 15.1. The van der Waals surface area contributed by atoms with Crippen molar-refractivity contribution in [1.29, 1.82) is 5.26 Å². The largest absolute Gasteiger partial charge is 0.489 e. The summed E-state index contributed by atoms with van der Waals surface area (Å²) in [6, 6.07) is 18.6. The normalized spacial score (nSPS) is 25.4. The van der Waals surface area contributed by atoms with Crippen molar-refractivity contribution in [3.8, 4) is 11.8 Å². The number of nitriles is 1. The number of carbonyl (C=O) groups is 5. The molecule has 61 heavy (non-hydrogen) atoms. The van der Waals surface area contributed by atoms with Crippen LogP contribution in [0.3, 0.4) is 0 Å². The number of nitrogens with one attached hydrogen (secondary N) is 2. The van der Waals surface area contributed by atoms with E-state index in [0.717, 1.165) is 104 Å². The lowest BCUT2D eigenvalue weighted by atomic mass is 9.49. The van der Waals surface area contributed by atoms with E-state index < -0.39 is 23.8 Å². The Kier molecular flexibility index (Phi) is 10.1. The summed E-state index contributed by atoms with van der Waals surface area (Å²) in [6.45, 7) is 15.6. The molecule has 5 amide bonds. The minimum Gasteiger partial charge on any atom is -0.489 e. The average molecular weight is 825 g/mol. The van der Waals surface area contributed by atoms with Gasteiger partial charge in [-0.15, -0.1) is 0 Å². The highest BCUT2D eigenvalue weighted by molar-refractivity contribution is 6.23. The fourth-order valence-corrected chi connectivity index (χ4v) is 11.9. The third kappa shape index (κ3) is 7.18. The van der Waals surface area contributed by atoms with E-state index in [1.54, 1.807) is 6.07 Å². The molecule has 1 unspecified atom stereocenters. The van der Waals surface area contributed by atoms with E-state index in [4.69, 9.17) is 4.74 Å². The molecule has 1 saturated carbocycles. The molecule has 12 heteroatoms. The van der Waals surface area contributed by atoms with Crippen LogP contribution in [0.15, 0.2) is 54.6 Å². The predicted molar refractivity (Wildman–Crippen MR) is 229 cm³/mol. The first kappa shape index (κ1) is 40.8. The number of likely N-dealkylation sites (tertiary alicyclic amines) is 1. The summed E-state index contributed by atoms with van der Waals surface area (Å²) in [4.78, 5) is 70.7. The van der Waals surface area contributed by atoms with Crippen LogP contribution in [0.1, 0.15) is 120 Å². The molecule has 4 fully saturated rings. The lowest BCUT2D eigenvalue weighted by Gasteiger charge is -2.63. The van der Waals surface area contributed by atoms with Crippen LogP contribution in [0.4, 0.5) is 5.69 Å². The minimum atomic E-state index is -0.947. The summed E-state index contributed by atoms with van der Waals surface area (Å²) in [5.74, 6) is -0.548. The highest BCUT2D eigenvalue weighted by Crippen LogP contribution is 2.55. The van der Waals surface area contributed by atoms with Gasteiger partial charge in [-0.25, -0.2) is 0 Å². The molecule has 12 nitrogen and oxygen atoms in total. The highest BCUT2D eigenvalue weighted by atomic mass is 16.5. The van der Waals surface area contributed by atoms with Crippen molar-refractivity contribution < 1.29 is 28.7 Å². The van der Waals surface area contributed by atoms with E-state index in [0.29, 0.717) is 28.2 Å². The molecule has 6 aliphatic rings. The van der Waals surface area contributed by atoms with Gasteiger partial charge in [-0.05, 0) is 148 Å². The molecule has 1 atom stereocenters. The Balaban J connectivity index is 0.733. The number of fused-ring (bicyclic) bond motifs is 2. The second-order valence-corrected chi connectivity index (χ2v) is 19.9. The van der Waals surface area contributed by atoms with Gasteiger partial charge in [0.2, 0.25) is 11.8 Å². The van der Waals surface area contributed by atoms with E-state index in [9.17, 15) is 29.2 Å². The molecular formula is C49H56N6O6. The number of hydrogen-bond acceptors (Lipinski definition) is 9. The first-order valence-corrected chi connectivity index (χ1v) is 22.0. The Labute approximate surface area is 358 Å². The van der Waals surface area contributed by atoms with Gasteiger partial charge >= 0.3 is 0 Å². The van der Waals surface area contributed by atoms with Crippen LogP contribution >= 0.6 is 0 Å². The van der Waals surface area contributed by atoms with Gasteiger partial charge in [-0.2, -0.15) is 5.26 Å². The van der Waals surface area contributed by atoms with E-state index in [1.807, 2.05) is 43.3 Å². The molecule has 9 rings (SSSR count). The summed E-state index contributed by atoms with van der Waals surface area (Å²) >= 11 is 0. The number of ether oxygens (including phenoxy) is 1. The van der Waals surface area contributed by atoms with Crippen molar-refractivity contribution in [2.45, 2.75) is 104 Å². The van der Waals surface area contributed by atoms with Gasteiger partial charge in [-0.3, -0.25) is 34.2 Å². The third-order valence-electron chi connectivity index (χ3n) is 15.1. The Bertz CT molecular complexity index is 2300. The third-order valence-corrected chi connectivity index (χ3v) is 15.1. The number of piperidine rings is 3. The van der Waals surface area contributed by atoms with Gasteiger partial charge in [0.05, 0.1) is 22.8 Å². The molecule has 0 bridgehead atoms. The van der Waals surface area contributed by atoms with Crippen LogP contribution in [-0.2, 0) is 22.4 Å². The molecule has 3 aromatic rings. The van der Waals surface area contributed by atoms with Crippen LogP contribution in [0, 0.1) is 40.4 Å². The summed E-state index contributed by atoms with van der Waals surface area (Å²) in [5.41, 5.74) is 5.88. The maximum absolute atomic E-state index is 13.6. The Morgan fingerprint density at radius 2 is 1.48 bits per heavy atom. The number of anilines is 1. The SMILES string of the molecule is Cc1cc(O[C@H]2C(C)(C)[C@H](NC(=O)c3ccc(N4CCC(CN5CCC6(CC5)Cc5cc7c(cc5C6)C(=O)N(C5CCC(=O)NC5=O)C7=O)CC4)cc3)C2(C)C)ccc1C#N. The molecule has 318 valence electrons. The molecule has 2 aliphatic carbocycles. The maximum Gasteiger partial charge on any atom is 0.262 e. The number of carbonyl (C=O) groups excluding carboxylic acids is 5. The van der Waals surface area contributed by atoms with Crippen molar-refractivity contribution in [2.24, 2.45) is 22.2 Å². The number of amides is 5. The van der Waals surface area contributed by atoms with E-state index in [-0.39, 0.29) is 53.0 Å². The first-order valence-electron chi connectivity index (χ1n) is 22.0. The topological polar surface area (TPSA) is 152 Å². The zero-order valence-electron chi connectivity index (χ0n) is 35.9. The average Bonchev–Trinajstić information content (AvgIpc) is 3.70. The van der Waals surface area contributed by atoms with Crippen LogP contribution in [-0.4, -0.2) is 90.2 Å². The summed E-state index contributed by atoms with van der Waals surface area (Å²) in [5, 5.41) is 14.9. The molecule has 4 aliphatic heterocycles. The summed E-state index contributed by atoms with van der Waals surface area (Å²) < 4.78 is 6.48. The molecule has 3 saturated heterocycles. The monoisotopic (exact) mass is 824 g/mol. The van der Waals surface area contributed by atoms with Crippen LogP contribution in [0.5, 0.6) is 5.75 Å². The van der Waals surface area contributed by atoms with Gasteiger partial charge < -0.3 is 19.9 Å². The predicted octanol–water partition coefficient (Wildman–Crippen LogP) is 5.98. The molecule has 4 heterocycles. The van der Waals surface area contributed by atoms with Crippen LogP contribution < -0.4 is 20.3 Å². The summed E-state index contributed by atoms with van der Waals surface area (Å²) in [6.07, 6.45) is 6.35. The van der Waals surface area contributed by atoms with Crippen molar-refractivity contribution in [2.75, 3.05) is 37.6 Å². The standard InChI is InChI=1S/C49H56N6O6/c1-29-22-36(11-8-32(29)27-50)61-46-47(2,3)45(48(46,4)5)52-41(57)31-6-9-35(10-7-31)54-18-14-30(15-19-54)28-53-20-16-49(17-21-53)25-33-23-37-38(24-34(33)26-49)44(60)55(43(37)59)39-12-13-40(56)51-42(39)58/h6-11,22-24,30,39,45-46H,12-21,25-26,28H2,1-5H3,(H,52,57)(H,51,56,58)/t39?,45-,46-. The molecule has 0 radical (unpaired) electrons. The van der Waals surface area contributed by atoms with E-state index >= 15 is 0 Å². The Morgan fingerprint density at radius 3 is 2.05 bits per heavy atom. The van der Waals surface area contributed by atoms with E-state index in [2.05, 4.69) is 66.3 Å². The first-order chi connectivity index (χ1) is 29.1. The zero-order valence-corrected chi connectivity index (χ0v) is 35.9. The lowest BCUT2D eigenvalue weighted by Crippen LogP contribution is -2.74. The second-order valence-electron chi connectivity index (χ2n) is 19.9. The number of nitrogens with zero attached hydrogens (tertiary/aromatic N) is 4. The molecular weight excluding hydrogens is 769 g/mol. The number of benzene rings is 3. The molecule has 0 aromatic heterocycles. The van der Waals surface area contributed by atoms with Gasteiger partial charge in [0.15, 0.2) is 0 Å². The lowest BCUT2D eigenvalue weighted by molar-refractivity contribution is -0.164. The minimum absolute atomic E-state index is 0.0823. The quantitative estimate of drug-likeness (QED) is 0.262. The maximum atomic E-state index is 13.6. The van der Waals surface area contributed by atoms with E-state index in [1.165, 1.54) is 0 Å². The number of hydrogen-bond donors (Lipinski definition) is 2. The molecule has 2 N–H and O–H groups in total. The smallest absolute Gasteiger partial charge is 0.262 e. The molecule has 3 aromatic carbocycles. The number of aryl methyl sites for hydroxylation is 1. The summed E-state index contributed by atoms with van der Waals surface area (Å²) in [7, 11) is 0. The van der Waals surface area contributed by atoms with Crippen molar-refractivity contribution >= 4 is 35.2 Å². The highest BCUT2D eigenvalue weighted by Gasteiger charge is 2.64. The number of rotatable bonds is 8. The molecule has 1 spiro atoms. The van der Waals surface area contributed by atoms with Gasteiger partial charge in [0, 0.05) is 54.2 Å².